The van der Waals surface area contributed by atoms with Crippen molar-refractivity contribution in [2.45, 2.75) is 93.3 Å². The van der Waals surface area contributed by atoms with Gasteiger partial charge in [-0.1, -0.05) is 62.4 Å². The maximum Gasteiger partial charge on any atom is 0.303 e. The summed E-state index contributed by atoms with van der Waals surface area (Å²) in [6, 6.07) is 17.3. The van der Waals surface area contributed by atoms with Crippen LogP contribution in [0.5, 0.6) is 0 Å². The number of carbonyl (C=O) groups is 1. The number of hydrogen-bond acceptors (Lipinski definition) is 6. The van der Waals surface area contributed by atoms with Crippen LogP contribution in [0.25, 0.3) is 21.5 Å². The zero-order valence-electron chi connectivity index (χ0n) is 33.9. The van der Waals surface area contributed by atoms with E-state index in [1.54, 1.807) is 18.2 Å². The Morgan fingerprint density at radius 3 is 2.25 bits per heavy atom. The van der Waals surface area contributed by atoms with Crippen LogP contribution in [0.15, 0.2) is 119 Å². The van der Waals surface area contributed by atoms with Gasteiger partial charge in [0.05, 0.1) is 10.3 Å². The molecule has 0 spiro atoms. The number of nitrogens with zero attached hydrogens (tertiary/aromatic N) is 2. The molecule has 10 nitrogen and oxygen atoms in total. The summed E-state index contributed by atoms with van der Waals surface area (Å²) in [5, 5.41) is 11.9. The van der Waals surface area contributed by atoms with E-state index in [-0.39, 0.29) is 21.6 Å². The molecule has 4 aromatic rings. The van der Waals surface area contributed by atoms with Crippen molar-refractivity contribution in [1.82, 2.24) is 0 Å². The smallest absolute Gasteiger partial charge is 0.303 e. The molecule has 0 aromatic heterocycles. The van der Waals surface area contributed by atoms with E-state index in [1.165, 1.54) is 18.2 Å². The van der Waals surface area contributed by atoms with Gasteiger partial charge in [0.25, 0.3) is 20.2 Å². The molecule has 0 saturated heterocycles. The Bertz CT molecular complexity index is 2750. The molecule has 0 unspecified atom stereocenters. The second-order valence-corrected chi connectivity index (χ2v) is 18.9. The van der Waals surface area contributed by atoms with Gasteiger partial charge >= 0.3 is 5.97 Å². The van der Waals surface area contributed by atoms with Crippen molar-refractivity contribution in [3.63, 3.8) is 0 Å². The summed E-state index contributed by atoms with van der Waals surface area (Å²) in [5.74, 6) is 1.90. The van der Waals surface area contributed by atoms with Gasteiger partial charge in [-0.05, 0) is 104 Å². The molecule has 2 aliphatic heterocycles. The number of terminal acetylenes is 1. The molecule has 3 N–H and O–H groups in total. The Morgan fingerprint density at radius 1 is 0.797 bits per heavy atom. The summed E-state index contributed by atoms with van der Waals surface area (Å²) in [6.45, 7) is 9.91. The first-order valence-electron chi connectivity index (χ1n) is 19.8. The van der Waals surface area contributed by atoms with Crippen LogP contribution in [0.1, 0.15) is 83.8 Å². The van der Waals surface area contributed by atoms with Gasteiger partial charge in [0.2, 0.25) is 5.69 Å². The molecule has 0 atom stereocenters. The Kier molecular flexibility index (Phi) is 12.5. The second-order valence-electron chi connectivity index (χ2n) is 16.1. The lowest BCUT2D eigenvalue weighted by atomic mass is 9.79. The van der Waals surface area contributed by atoms with Crippen molar-refractivity contribution in [3.05, 3.63) is 120 Å². The minimum Gasteiger partial charge on any atom is -0.481 e. The van der Waals surface area contributed by atoms with Crippen LogP contribution in [-0.4, -0.2) is 60.4 Å². The molecule has 0 saturated carbocycles. The first-order valence-corrected chi connectivity index (χ1v) is 22.6. The van der Waals surface area contributed by atoms with Crippen LogP contribution >= 0.6 is 0 Å². The first kappa shape index (κ1) is 43.3. The average molecular weight is 836 g/mol. The molecule has 12 heteroatoms. The predicted molar refractivity (Wildman–Crippen MR) is 235 cm³/mol. The van der Waals surface area contributed by atoms with E-state index >= 15 is 0 Å². The highest BCUT2D eigenvalue weighted by Gasteiger charge is 2.46. The number of carboxylic acid groups (broad SMARTS) is 1. The maximum absolute atomic E-state index is 12.3. The quantitative estimate of drug-likeness (QED) is 0.0329. The molecule has 308 valence electrons. The van der Waals surface area contributed by atoms with Crippen LogP contribution in [0.4, 0.5) is 11.4 Å². The summed E-state index contributed by atoms with van der Waals surface area (Å²) in [5.41, 5.74) is 5.19. The Labute approximate surface area is 347 Å². The third-order valence-electron chi connectivity index (χ3n) is 11.4. The minimum absolute atomic E-state index is 0.114. The lowest BCUT2D eigenvalue weighted by Gasteiger charge is -2.27. The van der Waals surface area contributed by atoms with Crippen molar-refractivity contribution in [2.75, 3.05) is 18.0 Å². The second kappa shape index (κ2) is 17.1. The summed E-state index contributed by atoms with van der Waals surface area (Å²) in [7, 11) is -8.81. The standard InChI is InChI=1S/C47H50N2O8S2/c1-6-7-8-16-29-49-40-32-34-30-35(58(52,53)54)25-24-33(34)31-38(40)46(2,3)42(49)21-13-10-9-11-14-22-43-47(4,5)45-37-19-18-20-41(59(55,56)57)36(37)26-27-39(45)48(43)28-17-12-15-23-44(50)51/h1,9-11,13-14,18-22,24-27,30-32H,7-8,12,15-17,23,28-29H2,2-5H3,(H2-,50,51,52,53,54,55,56,57)/p+1. The Balaban J connectivity index is 1.29. The van der Waals surface area contributed by atoms with Gasteiger partial charge in [0, 0.05) is 65.7 Å². The van der Waals surface area contributed by atoms with E-state index < -0.39 is 31.6 Å². The fourth-order valence-corrected chi connectivity index (χ4v) is 9.78. The summed E-state index contributed by atoms with van der Waals surface area (Å²) in [4.78, 5) is 13.1. The third kappa shape index (κ3) is 8.99. The Hall–Kier alpha value is -5.32. The highest BCUT2D eigenvalue weighted by molar-refractivity contribution is 7.86. The monoisotopic (exact) mass is 835 g/mol. The van der Waals surface area contributed by atoms with Gasteiger partial charge in [0.1, 0.15) is 11.4 Å². The van der Waals surface area contributed by atoms with Gasteiger partial charge in [-0.2, -0.15) is 21.4 Å². The van der Waals surface area contributed by atoms with Crippen molar-refractivity contribution in [1.29, 1.82) is 0 Å². The molecule has 6 rings (SSSR count). The number of fused-ring (bicyclic) bond motifs is 5. The SMILES string of the molecule is C#CCCCCN1/C(=C/C=C/C=C/C=C/C2=[N+](CCCCCC(=O)O)c3ccc4c(S(=O)(=O)O)cccc4c3C2(C)C)C(C)(C)c2cc3ccc(S(=O)(=O)O)cc3cc21. The van der Waals surface area contributed by atoms with Crippen molar-refractivity contribution in [3.8, 4) is 12.3 Å². The molecule has 59 heavy (non-hydrogen) atoms. The van der Waals surface area contributed by atoms with Gasteiger partial charge in [-0.25, -0.2) is 0 Å². The molecule has 0 fully saturated rings. The lowest BCUT2D eigenvalue weighted by Crippen LogP contribution is -2.28. The van der Waals surface area contributed by atoms with E-state index in [1.807, 2.05) is 48.6 Å². The summed E-state index contributed by atoms with van der Waals surface area (Å²) < 4.78 is 70.3. The zero-order valence-corrected chi connectivity index (χ0v) is 35.5. The van der Waals surface area contributed by atoms with E-state index in [4.69, 9.17) is 11.5 Å². The van der Waals surface area contributed by atoms with Gasteiger partial charge in [-0.3, -0.25) is 13.9 Å². The van der Waals surface area contributed by atoms with Crippen LogP contribution in [0.2, 0.25) is 0 Å². The predicted octanol–water partition coefficient (Wildman–Crippen LogP) is 9.66. The zero-order chi connectivity index (χ0) is 42.8. The van der Waals surface area contributed by atoms with Crippen LogP contribution in [0, 0.1) is 12.3 Å². The van der Waals surface area contributed by atoms with E-state index in [9.17, 15) is 30.7 Å². The molecule has 4 aromatic carbocycles. The molecule has 2 heterocycles. The minimum atomic E-state index is -4.45. The summed E-state index contributed by atoms with van der Waals surface area (Å²) in [6.07, 6.45) is 24.1. The van der Waals surface area contributed by atoms with E-state index in [2.05, 4.69) is 61.3 Å². The van der Waals surface area contributed by atoms with Gasteiger partial charge in [0.15, 0.2) is 5.71 Å². The number of allylic oxidation sites excluding steroid dienone is 8. The Morgan fingerprint density at radius 2 is 1.54 bits per heavy atom. The molecule has 0 amide bonds. The number of aliphatic carboxylic acids is 1. The number of rotatable bonds is 16. The van der Waals surface area contributed by atoms with E-state index in [0.717, 1.165) is 76.9 Å². The van der Waals surface area contributed by atoms with Gasteiger partial charge in [-0.15, -0.1) is 12.3 Å². The molecule has 2 aliphatic rings. The number of carboxylic acids is 1. The lowest BCUT2D eigenvalue weighted by molar-refractivity contribution is -0.438. The molecular formula is C47H51N2O8S2+. The van der Waals surface area contributed by atoms with E-state index in [0.29, 0.717) is 30.2 Å². The topological polar surface area (TPSA) is 152 Å². The first-order chi connectivity index (χ1) is 27.9. The molecule has 0 bridgehead atoms. The van der Waals surface area contributed by atoms with Crippen molar-refractivity contribution in [2.24, 2.45) is 0 Å². The fourth-order valence-electron chi connectivity index (χ4n) is 8.56. The van der Waals surface area contributed by atoms with Gasteiger partial charge < -0.3 is 10.0 Å². The highest BCUT2D eigenvalue weighted by Crippen LogP contribution is 2.50. The average Bonchev–Trinajstić information content (AvgIpc) is 3.51. The largest absolute Gasteiger partial charge is 0.481 e. The third-order valence-corrected chi connectivity index (χ3v) is 13.2. The number of benzene rings is 4. The van der Waals surface area contributed by atoms with Crippen LogP contribution in [0.3, 0.4) is 0 Å². The molecule has 0 aliphatic carbocycles. The van der Waals surface area contributed by atoms with Crippen LogP contribution in [-0.2, 0) is 35.9 Å². The van der Waals surface area contributed by atoms with Crippen molar-refractivity contribution < 1.29 is 40.4 Å². The number of hydrogen-bond donors (Lipinski definition) is 3. The maximum atomic E-state index is 12.3. The molecule has 0 radical (unpaired) electrons. The normalized spacial score (nSPS) is 17.0. The molecular weight excluding hydrogens is 785 g/mol. The summed E-state index contributed by atoms with van der Waals surface area (Å²) >= 11 is 0. The number of unbranched alkanes of at least 4 members (excludes halogenated alkanes) is 4. The highest BCUT2D eigenvalue weighted by atomic mass is 32.2. The van der Waals surface area contributed by atoms with Crippen molar-refractivity contribution >= 4 is 64.8 Å². The fraction of sp³-hybridized carbons (Fsp3) is 0.319. The van der Waals surface area contributed by atoms with Crippen LogP contribution < -0.4 is 4.90 Å². The number of anilines is 1.